The standard InChI is InChI=1S/C18H26N6OS/c25-17(16-6-11-24(22-16)15-4-3-7-19-12-15)20-8-5-14-13-26-18(21-14)23-9-1-2-10-23/h6,11,13,15,19H,1-5,7-10,12H2,(H,20,25). The number of hydrogen-bond acceptors (Lipinski definition) is 6. The number of aromatic nitrogens is 3. The fourth-order valence-corrected chi connectivity index (χ4v) is 4.49. The van der Waals surface area contributed by atoms with E-state index in [1.807, 2.05) is 10.9 Å². The molecule has 0 bridgehead atoms. The van der Waals surface area contributed by atoms with E-state index in [4.69, 9.17) is 4.98 Å². The Morgan fingerprint density at radius 3 is 3.04 bits per heavy atom. The molecule has 140 valence electrons. The van der Waals surface area contributed by atoms with Crippen molar-refractivity contribution in [3.05, 3.63) is 29.0 Å². The number of rotatable bonds is 6. The van der Waals surface area contributed by atoms with E-state index in [0.717, 1.165) is 56.3 Å². The van der Waals surface area contributed by atoms with E-state index < -0.39 is 0 Å². The summed E-state index contributed by atoms with van der Waals surface area (Å²) in [5.41, 5.74) is 1.54. The molecule has 4 rings (SSSR count). The fraction of sp³-hybridized carbons (Fsp3) is 0.611. The van der Waals surface area contributed by atoms with Crippen LogP contribution in [0.15, 0.2) is 17.6 Å². The minimum atomic E-state index is -0.109. The molecule has 0 aromatic carbocycles. The number of piperidine rings is 1. The van der Waals surface area contributed by atoms with Crippen LogP contribution in [-0.4, -0.2) is 53.4 Å². The predicted octanol–water partition coefficient (Wildman–Crippen LogP) is 1.84. The molecule has 1 amide bonds. The predicted molar refractivity (Wildman–Crippen MR) is 103 cm³/mol. The van der Waals surface area contributed by atoms with Gasteiger partial charge in [0, 0.05) is 44.2 Å². The third kappa shape index (κ3) is 4.07. The molecule has 0 spiro atoms. The number of nitrogens with one attached hydrogen (secondary N) is 2. The van der Waals surface area contributed by atoms with Gasteiger partial charge in [0.05, 0.1) is 11.7 Å². The quantitative estimate of drug-likeness (QED) is 0.807. The van der Waals surface area contributed by atoms with Gasteiger partial charge in [-0.3, -0.25) is 9.48 Å². The maximum absolute atomic E-state index is 12.3. The number of amides is 1. The molecule has 2 aromatic heterocycles. The van der Waals surface area contributed by atoms with E-state index in [0.29, 0.717) is 18.3 Å². The van der Waals surface area contributed by atoms with E-state index in [1.54, 1.807) is 17.4 Å². The highest BCUT2D eigenvalue weighted by atomic mass is 32.1. The van der Waals surface area contributed by atoms with Gasteiger partial charge in [0.25, 0.3) is 5.91 Å². The van der Waals surface area contributed by atoms with Crippen molar-refractivity contribution >= 4 is 22.4 Å². The zero-order chi connectivity index (χ0) is 17.8. The van der Waals surface area contributed by atoms with Crippen molar-refractivity contribution in [2.45, 2.75) is 38.1 Å². The number of carbonyl (C=O) groups excluding carboxylic acids is 1. The molecule has 2 fully saturated rings. The zero-order valence-corrected chi connectivity index (χ0v) is 15.8. The van der Waals surface area contributed by atoms with Crippen LogP contribution in [0.2, 0.25) is 0 Å². The number of nitrogens with zero attached hydrogens (tertiary/aromatic N) is 4. The molecule has 0 saturated carbocycles. The minimum Gasteiger partial charge on any atom is -0.350 e. The lowest BCUT2D eigenvalue weighted by atomic mass is 10.1. The van der Waals surface area contributed by atoms with Crippen LogP contribution in [0.25, 0.3) is 0 Å². The van der Waals surface area contributed by atoms with Gasteiger partial charge in [0.2, 0.25) is 0 Å². The number of anilines is 1. The molecular formula is C18H26N6OS. The maximum Gasteiger partial charge on any atom is 0.271 e. The molecule has 2 aliphatic heterocycles. The number of thiazole rings is 1. The Kier molecular flexibility index (Phi) is 5.50. The van der Waals surface area contributed by atoms with Gasteiger partial charge in [-0.25, -0.2) is 4.98 Å². The Morgan fingerprint density at radius 1 is 1.35 bits per heavy atom. The molecule has 7 nitrogen and oxygen atoms in total. The molecule has 8 heteroatoms. The second-order valence-electron chi connectivity index (χ2n) is 7.00. The highest BCUT2D eigenvalue weighted by molar-refractivity contribution is 7.13. The lowest BCUT2D eigenvalue weighted by molar-refractivity contribution is 0.0947. The Labute approximate surface area is 157 Å². The van der Waals surface area contributed by atoms with Crippen LogP contribution in [0.4, 0.5) is 5.13 Å². The van der Waals surface area contributed by atoms with Gasteiger partial charge >= 0.3 is 0 Å². The Hall–Kier alpha value is -1.93. The SMILES string of the molecule is O=C(NCCc1csc(N2CCCC2)n1)c1ccn(C2CCCNC2)n1. The third-order valence-electron chi connectivity index (χ3n) is 5.07. The van der Waals surface area contributed by atoms with Crippen molar-refractivity contribution in [1.29, 1.82) is 0 Å². The Morgan fingerprint density at radius 2 is 2.23 bits per heavy atom. The first-order chi connectivity index (χ1) is 12.8. The maximum atomic E-state index is 12.3. The van der Waals surface area contributed by atoms with Gasteiger partial charge in [0.15, 0.2) is 5.13 Å². The topological polar surface area (TPSA) is 75.1 Å². The van der Waals surface area contributed by atoms with Gasteiger partial charge in [-0.15, -0.1) is 11.3 Å². The molecule has 1 unspecified atom stereocenters. The largest absolute Gasteiger partial charge is 0.350 e. The summed E-state index contributed by atoms with van der Waals surface area (Å²) in [5.74, 6) is -0.109. The van der Waals surface area contributed by atoms with Crippen LogP contribution < -0.4 is 15.5 Å². The van der Waals surface area contributed by atoms with Crippen LogP contribution in [0.5, 0.6) is 0 Å². The second-order valence-corrected chi connectivity index (χ2v) is 7.84. The summed E-state index contributed by atoms with van der Waals surface area (Å²) in [6, 6.07) is 2.16. The van der Waals surface area contributed by atoms with Gasteiger partial charge in [0.1, 0.15) is 5.69 Å². The minimum absolute atomic E-state index is 0.109. The lowest BCUT2D eigenvalue weighted by Gasteiger charge is -2.22. The molecule has 2 saturated heterocycles. The molecule has 4 heterocycles. The first-order valence-corrected chi connectivity index (χ1v) is 10.4. The Bertz CT molecular complexity index is 730. The first kappa shape index (κ1) is 17.5. The molecule has 2 aromatic rings. The van der Waals surface area contributed by atoms with E-state index in [2.05, 4.69) is 26.0 Å². The van der Waals surface area contributed by atoms with Crippen LogP contribution >= 0.6 is 11.3 Å². The van der Waals surface area contributed by atoms with Gasteiger partial charge in [-0.05, 0) is 38.3 Å². The van der Waals surface area contributed by atoms with Crippen molar-refractivity contribution in [2.75, 3.05) is 37.6 Å². The summed E-state index contributed by atoms with van der Waals surface area (Å²) >= 11 is 1.70. The van der Waals surface area contributed by atoms with E-state index in [1.165, 1.54) is 12.8 Å². The molecule has 2 N–H and O–H groups in total. The van der Waals surface area contributed by atoms with Crippen molar-refractivity contribution in [1.82, 2.24) is 25.4 Å². The smallest absolute Gasteiger partial charge is 0.271 e. The molecule has 0 aliphatic carbocycles. The summed E-state index contributed by atoms with van der Waals surface area (Å²) in [6.45, 7) is 4.80. The van der Waals surface area contributed by atoms with Crippen molar-refractivity contribution in [3.8, 4) is 0 Å². The summed E-state index contributed by atoms with van der Waals surface area (Å²) in [4.78, 5) is 19.4. The number of hydrogen-bond donors (Lipinski definition) is 2. The second kappa shape index (κ2) is 8.18. The average Bonchev–Trinajstić information content (AvgIpc) is 3.42. The summed E-state index contributed by atoms with van der Waals surface area (Å²) in [7, 11) is 0. The number of carbonyl (C=O) groups is 1. The highest BCUT2D eigenvalue weighted by Gasteiger charge is 2.18. The van der Waals surface area contributed by atoms with Crippen molar-refractivity contribution < 1.29 is 4.79 Å². The zero-order valence-electron chi connectivity index (χ0n) is 15.0. The van der Waals surface area contributed by atoms with E-state index in [-0.39, 0.29) is 5.91 Å². The summed E-state index contributed by atoms with van der Waals surface area (Å²) in [6.07, 6.45) is 7.44. The average molecular weight is 375 g/mol. The van der Waals surface area contributed by atoms with Crippen molar-refractivity contribution in [2.24, 2.45) is 0 Å². The van der Waals surface area contributed by atoms with Gasteiger partial charge in [-0.2, -0.15) is 5.10 Å². The summed E-state index contributed by atoms with van der Waals surface area (Å²) in [5, 5.41) is 14.0. The molecule has 26 heavy (non-hydrogen) atoms. The summed E-state index contributed by atoms with van der Waals surface area (Å²) < 4.78 is 1.92. The van der Waals surface area contributed by atoms with Crippen LogP contribution in [0, 0.1) is 0 Å². The van der Waals surface area contributed by atoms with Gasteiger partial charge in [-0.1, -0.05) is 0 Å². The molecule has 1 atom stereocenters. The van der Waals surface area contributed by atoms with Gasteiger partial charge < -0.3 is 15.5 Å². The van der Waals surface area contributed by atoms with Crippen molar-refractivity contribution in [3.63, 3.8) is 0 Å². The van der Waals surface area contributed by atoms with E-state index in [9.17, 15) is 4.79 Å². The normalized spacial score (nSPS) is 20.5. The van der Waals surface area contributed by atoms with Crippen LogP contribution in [-0.2, 0) is 6.42 Å². The molecule has 0 radical (unpaired) electrons. The molecule has 2 aliphatic rings. The van der Waals surface area contributed by atoms with Crippen LogP contribution in [0.1, 0.15) is 47.9 Å². The Balaban J connectivity index is 1.25. The van der Waals surface area contributed by atoms with Crippen LogP contribution in [0.3, 0.4) is 0 Å². The highest BCUT2D eigenvalue weighted by Crippen LogP contribution is 2.24. The van der Waals surface area contributed by atoms with E-state index >= 15 is 0 Å². The fourth-order valence-electron chi connectivity index (χ4n) is 3.58. The lowest BCUT2D eigenvalue weighted by Crippen LogP contribution is -2.32. The third-order valence-corrected chi connectivity index (χ3v) is 6.02. The molecular weight excluding hydrogens is 348 g/mol. The first-order valence-electron chi connectivity index (χ1n) is 9.53. The monoisotopic (exact) mass is 374 g/mol.